The molecule has 0 spiro atoms. The number of ether oxygens (including phenoxy) is 1. The third-order valence-electron chi connectivity index (χ3n) is 3.09. The third kappa shape index (κ3) is 2.67. The highest BCUT2D eigenvalue weighted by Crippen LogP contribution is 2.10. The molecule has 3 N–H and O–H groups in total. The molecule has 1 atom stereocenters. The molecule has 7 heteroatoms. The molecule has 2 saturated heterocycles. The molecule has 1 unspecified atom stereocenters. The Morgan fingerprint density at radius 2 is 1.94 bits per heavy atom. The van der Waals surface area contributed by atoms with E-state index in [4.69, 9.17) is 10.5 Å². The second-order valence-corrected chi connectivity index (χ2v) is 4.21. The Kier molecular flexibility index (Phi) is 3.80. The number of morpholine rings is 1. The SMILES string of the molecule is NC(=O)C1COCCN1C(=O)N1CCNCC1. The molecule has 3 amide bonds. The summed E-state index contributed by atoms with van der Waals surface area (Å²) in [6.45, 7) is 4.00. The molecule has 0 saturated carbocycles. The van der Waals surface area contributed by atoms with Gasteiger partial charge in [0.1, 0.15) is 6.04 Å². The molecule has 17 heavy (non-hydrogen) atoms. The highest BCUT2D eigenvalue weighted by atomic mass is 16.5. The fraction of sp³-hybridized carbons (Fsp3) is 0.800. The van der Waals surface area contributed by atoms with Gasteiger partial charge in [-0.15, -0.1) is 0 Å². The highest BCUT2D eigenvalue weighted by Gasteiger charge is 2.34. The van der Waals surface area contributed by atoms with Gasteiger partial charge in [0, 0.05) is 32.7 Å². The van der Waals surface area contributed by atoms with Crippen LogP contribution in [0, 0.1) is 0 Å². The number of nitrogens with one attached hydrogen (secondary N) is 1. The van der Waals surface area contributed by atoms with Gasteiger partial charge in [-0.25, -0.2) is 4.79 Å². The van der Waals surface area contributed by atoms with Gasteiger partial charge in [-0.1, -0.05) is 0 Å². The van der Waals surface area contributed by atoms with Crippen molar-refractivity contribution in [1.29, 1.82) is 0 Å². The fourth-order valence-electron chi connectivity index (χ4n) is 2.11. The Hall–Kier alpha value is -1.34. The predicted octanol–water partition coefficient (Wildman–Crippen LogP) is -1.80. The number of hydrogen-bond acceptors (Lipinski definition) is 4. The third-order valence-corrected chi connectivity index (χ3v) is 3.09. The minimum Gasteiger partial charge on any atom is -0.377 e. The van der Waals surface area contributed by atoms with Crippen molar-refractivity contribution in [3.05, 3.63) is 0 Å². The van der Waals surface area contributed by atoms with Gasteiger partial charge in [-0.2, -0.15) is 0 Å². The van der Waals surface area contributed by atoms with E-state index in [1.54, 1.807) is 4.90 Å². The van der Waals surface area contributed by atoms with Gasteiger partial charge in [0.15, 0.2) is 0 Å². The van der Waals surface area contributed by atoms with Crippen LogP contribution in [0.25, 0.3) is 0 Å². The van der Waals surface area contributed by atoms with Crippen molar-refractivity contribution in [3.8, 4) is 0 Å². The number of primary amides is 1. The number of urea groups is 1. The first-order valence-electron chi connectivity index (χ1n) is 5.83. The zero-order chi connectivity index (χ0) is 12.3. The maximum Gasteiger partial charge on any atom is 0.320 e. The van der Waals surface area contributed by atoms with Crippen molar-refractivity contribution < 1.29 is 14.3 Å². The molecule has 0 aromatic heterocycles. The van der Waals surface area contributed by atoms with E-state index >= 15 is 0 Å². The standard InChI is InChI=1S/C10H18N4O3/c11-9(15)8-7-17-6-5-14(8)10(16)13-3-1-12-2-4-13/h8,12H,1-7H2,(H2,11,15). The summed E-state index contributed by atoms with van der Waals surface area (Å²) >= 11 is 0. The van der Waals surface area contributed by atoms with E-state index in [0.29, 0.717) is 26.2 Å². The van der Waals surface area contributed by atoms with Crippen LogP contribution in [0.2, 0.25) is 0 Å². The fourth-order valence-corrected chi connectivity index (χ4v) is 2.11. The summed E-state index contributed by atoms with van der Waals surface area (Å²) in [7, 11) is 0. The van der Waals surface area contributed by atoms with Crippen LogP contribution in [0.3, 0.4) is 0 Å². The molecular formula is C10H18N4O3. The Bertz CT molecular complexity index is 304. The first-order valence-corrected chi connectivity index (χ1v) is 5.83. The zero-order valence-electron chi connectivity index (χ0n) is 9.72. The Morgan fingerprint density at radius 1 is 1.24 bits per heavy atom. The lowest BCUT2D eigenvalue weighted by molar-refractivity contribution is -0.127. The van der Waals surface area contributed by atoms with Crippen molar-refractivity contribution in [2.75, 3.05) is 45.9 Å². The Morgan fingerprint density at radius 3 is 2.59 bits per heavy atom. The van der Waals surface area contributed by atoms with Gasteiger partial charge in [-0.05, 0) is 0 Å². The smallest absolute Gasteiger partial charge is 0.320 e. The maximum absolute atomic E-state index is 12.2. The van der Waals surface area contributed by atoms with Crippen LogP contribution in [-0.2, 0) is 9.53 Å². The van der Waals surface area contributed by atoms with Gasteiger partial charge in [0.2, 0.25) is 5.91 Å². The van der Waals surface area contributed by atoms with Gasteiger partial charge >= 0.3 is 6.03 Å². The van der Waals surface area contributed by atoms with Crippen molar-refractivity contribution in [3.63, 3.8) is 0 Å². The van der Waals surface area contributed by atoms with Crippen LogP contribution >= 0.6 is 0 Å². The van der Waals surface area contributed by atoms with Gasteiger partial charge in [0.25, 0.3) is 0 Å². The average Bonchev–Trinajstić information content (AvgIpc) is 2.39. The normalized spacial score (nSPS) is 25.8. The predicted molar refractivity (Wildman–Crippen MR) is 60.3 cm³/mol. The first kappa shape index (κ1) is 12.1. The number of piperazine rings is 1. The first-order chi connectivity index (χ1) is 8.20. The largest absolute Gasteiger partial charge is 0.377 e. The van der Waals surface area contributed by atoms with Crippen LogP contribution in [0.15, 0.2) is 0 Å². The van der Waals surface area contributed by atoms with Crippen LogP contribution in [0.1, 0.15) is 0 Å². The van der Waals surface area contributed by atoms with Crippen LogP contribution < -0.4 is 11.1 Å². The Balaban J connectivity index is 2.02. The van der Waals surface area contributed by atoms with E-state index < -0.39 is 11.9 Å². The van der Waals surface area contributed by atoms with E-state index in [-0.39, 0.29) is 12.6 Å². The van der Waals surface area contributed by atoms with E-state index in [1.807, 2.05) is 0 Å². The molecule has 0 aromatic carbocycles. The molecule has 2 aliphatic rings. The molecule has 2 rings (SSSR count). The van der Waals surface area contributed by atoms with Crippen LogP contribution in [0.5, 0.6) is 0 Å². The van der Waals surface area contributed by atoms with Crippen molar-refractivity contribution in [2.24, 2.45) is 5.73 Å². The molecule has 0 radical (unpaired) electrons. The van der Waals surface area contributed by atoms with Gasteiger partial charge in [-0.3, -0.25) is 4.79 Å². The van der Waals surface area contributed by atoms with E-state index in [2.05, 4.69) is 5.32 Å². The summed E-state index contributed by atoms with van der Waals surface area (Å²) in [5.41, 5.74) is 5.28. The number of carbonyl (C=O) groups is 2. The summed E-state index contributed by atoms with van der Waals surface area (Å²) in [6.07, 6.45) is 0. The monoisotopic (exact) mass is 242 g/mol. The number of carbonyl (C=O) groups excluding carboxylic acids is 2. The molecular weight excluding hydrogens is 224 g/mol. The lowest BCUT2D eigenvalue weighted by Gasteiger charge is -2.38. The lowest BCUT2D eigenvalue weighted by atomic mass is 10.2. The van der Waals surface area contributed by atoms with E-state index in [9.17, 15) is 9.59 Å². The van der Waals surface area contributed by atoms with Crippen molar-refractivity contribution in [1.82, 2.24) is 15.1 Å². The lowest BCUT2D eigenvalue weighted by Crippen LogP contribution is -2.60. The van der Waals surface area contributed by atoms with Crippen molar-refractivity contribution in [2.45, 2.75) is 6.04 Å². The van der Waals surface area contributed by atoms with Gasteiger partial charge in [0.05, 0.1) is 13.2 Å². The molecule has 2 fully saturated rings. The summed E-state index contributed by atoms with van der Waals surface area (Å²) in [6, 6.07) is -0.746. The molecule has 0 aliphatic carbocycles. The number of hydrogen-bond donors (Lipinski definition) is 2. The number of amides is 3. The minimum absolute atomic E-state index is 0.112. The van der Waals surface area contributed by atoms with Crippen LogP contribution in [-0.4, -0.2) is 73.7 Å². The molecule has 7 nitrogen and oxygen atoms in total. The molecule has 0 aromatic rings. The average molecular weight is 242 g/mol. The second-order valence-electron chi connectivity index (χ2n) is 4.21. The van der Waals surface area contributed by atoms with Crippen molar-refractivity contribution >= 4 is 11.9 Å². The summed E-state index contributed by atoms with van der Waals surface area (Å²) in [4.78, 5) is 26.8. The summed E-state index contributed by atoms with van der Waals surface area (Å²) in [5, 5.41) is 3.18. The van der Waals surface area contributed by atoms with E-state index in [0.717, 1.165) is 13.1 Å². The summed E-state index contributed by atoms with van der Waals surface area (Å²) in [5.74, 6) is -0.506. The van der Waals surface area contributed by atoms with Gasteiger partial charge < -0.3 is 25.6 Å². The van der Waals surface area contributed by atoms with E-state index in [1.165, 1.54) is 4.90 Å². The highest BCUT2D eigenvalue weighted by molar-refractivity contribution is 5.86. The topological polar surface area (TPSA) is 87.9 Å². The second kappa shape index (κ2) is 5.33. The Labute approximate surface area is 99.9 Å². The maximum atomic E-state index is 12.2. The van der Waals surface area contributed by atoms with Crippen LogP contribution in [0.4, 0.5) is 4.79 Å². The minimum atomic E-state index is -0.633. The summed E-state index contributed by atoms with van der Waals surface area (Å²) < 4.78 is 5.19. The molecule has 2 aliphatic heterocycles. The quantitative estimate of drug-likeness (QED) is 0.568. The molecule has 0 bridgehead atoms. The number of rotatable bonds is 1. The molecule has 96 valence electrons. The number of nitrogens with two attached hydrogens (primary N) is 1. The number of nitrogens with zero attached hydrogens (tertiary/aromatic N) is 2. The molecule has 2 heterocycles. The zero-order valence-corrected chi connectivity index (χ0v) is 9.72.